The Morgan fingerprint density at radius 1 is 1.19 bits per heavy atom. The molecule has 1 aliphatic rings. The molecule has 26 heavy (non-hydrogen) atoms. The summed E-state index contributed by atoms with van der Waals surface area (Å²) in [6.07, 6.45) is 2.21. The molecule has 1 amide bonds. The van der Waals surface area contributed by atoms with Crippen molar-refractivity contribution in [2.24, 2.45) is 5.92 Å². The zero-order chi connectivity index (χ0) is 17.9. The van der Waals surface area contributed by atoms with Crippen molar-refractivity contribution in [3.63, 3.8) is 0 Å². The molecule has 0 N–H and O–H groups in total. The fourth-order valence-electron chi connectivity index (χ4n) is 3.15. The SMILES string of the molecule is CC1CCN(C(=O)CSc2nc(-c3cccs3)nc3ccccc23)CC1. The summed E-state index contributed by atoms with van der Waals surface area (Å²) in [5, 5.41) is 3.93. The van der Waals surface area contributed by atoms with Crippen LogP contribution in [0.3, 0.4) is 0 Å². The number of carbonyl (C=O) groups is 1. The average Bonchev–Trinajstić information content (AvgIpc) is 3.21. The van der Waals surface area contributed by atoms with Crippen molar-refractivity contribution in [3.05, 3.63) is 41.8 Å². The van der Waals surface area contributed by atoms with Crippen molar-refractivity contribution >= 4 is 39.9 Å². The average molecular weight is 384 g/mol. The fourth-order valence-corrected chi connectivity index (χ4v) is 4.73. The third-order valence-corrected chi connectivity index (χ3v) is 6.62. The maximum Gasteiger partial charge on any atom is 0.232 e. The number of amides is 1. The maximum absolute atomic E-state index is 12.6. The number of benzene rings is 1. The molecule has 0 spiro atoms. The number of para-hydroxylation sites is 1. The number of nitrogens with zero attached hydrogens (tertiary/aromatic N) is 3. The maximum atomic E-state index is 12.6. The van der Waals surface area contributed by atoms with Gasteiger partial charge in [-0.1, -0.05) is 43.0 Å². The quantitative estimate of drug-likeness (QED) is 0.483. The second kappa shape index (κ2) is 7.76. The Labute approximate surface area is 161 Å². The van der Waals surface area contributed by atoms with E-state index in [1.54, 1.807) is 11.3 Å². The molecule has 0 bridgehead atoms. The Bertz CT molecular complexity index is 903. The second-order valence-electron chi connectivity index (χ2n) is 6.70. The van der Waals surface area contributed by atoms with Gasteiger partial charge in [-0.2, -0.15) is 0 Å². The summed E-state index contributed by atoms with van der Waals surface area (Å²) in [6, 6.07) is 12.1. The van der Waals surface area contributed by atoms with E-state index >= 15 is 0 Å². The van der Waals surface area contributed by atoms with Crippen LogP contribution in [0, 0.1) is 5.92 Å². The van der Waals surface area contributed by atoms with Crippen LogP contribution >= 0.6 is 23.1 Å². The lowest BCUT2D eigenvalue weighted by Gasteiger charge is -2.30. The second-order valence-corrected chi connectivity index (χ2v) is 8.61. The van der Waals surface area contributed by atoms with E-state index in [1.807, 2.05) is 46.7 Å². The van der Waals surface area contributed by atoms with Crippen LogP contribution in [0.15, 0.2) is 46.8 Å². The van der Waals surface area contributed by atoms with Gasteiger partial charge in [-0.15, -0.1) is 11.3 Å². The van der Waals surface area contributed by atoms with Crippen molar-refractivity contribution in [3.8, 4) is 10.7 Å². The van der Waals surface area contributed by atoms with Crippen molar-refractivity contribution < 1.29 is 4.79 Å². The van der Waals surface area contributed by atoms with Crippen molar-refractivity contribution in [1.29, 1.82) is 0 Å². The number of likely N-dealkylation sites (tertiary alicyclic amines) is 1. The number of rotatable bonds is 4. The van der Waals surface area contributed by atoms with E-state index in [-0.39, 0.29) is 5.91 Å². The molecule has 1 saturated heterocycles. The molecule has 3 aromatic rings. The first-order valence-corrected chi connectivity index (χ1v) is 10.8. The van der Waals surface area contributed by atoms with Gasteiger partial charge in [0.25, 0.3) is 0 Å². The summed E-state index contributed by atoms with van der Waals surface area (Å²) >= 11 is 3.16. The zero-order valence-electron chi connectivity index (χ0n) is 14.7. The van der Waals surface area contributed by atoms with E-state index in [0.717, 1.165) is 58.5 Å². The van der Waals surface area contributed by atoms with Crippen LogP contribution < -0.4 is 0 Å². The lowest BCUT2D eigenvalue weighted by Crippen LogP contribution is -2.38. The molecule has 4 rings (SSSR count). The van der Waals surface area contributed by atoms with Gasteiger partial charge in [0.1, 0.15) is 5.03 Å². The minimum atomic E-state index is 0.210. The van der Waals surface area contributed by atoms with Gasteiger partial charge in [-0.25, -0.2) is 9.97 Å². The summed E-state index contributed by atoms with van der Waals surface area (Å²) in [4.78, 5) is 25.1. The number of thioether (sulfide) groups is 1. The van der Waals surface area contributed by atoms with E-state index in [2.05, 4.69) is 6.92 Å². The number of hydrogen-bond acceptors (Lipinski definition) is 5. The van der Waals surface area contributed by atoms with Crippen molar-refractivity contribution in [2.45, 2.75) is 24.8 Å². The molecular formula is C20H21N3OS2. The highest BCUT2D eigenvalue weighted by molar-refractivity contribution is 8.00. The first-order valence-electron chi connectivity index (χ1n) is 8.92. The molecule has 3 heterocycles. The van der Waals surface area contributed by atoms with Gasteiger partial charge in [0.2, 0.25) is 5.91 Å². The number of thiophene rings is 1. The summed E-state index contributed by atoms with van der Waals surface area (Å²) in [5.74, 6) is 2.10. The largest absolute Gasteiger partial charge is 0.342 e. The third kappa shape index (κ3) is 3.76. The van der Waals surface area contributed by atoms with Crippen LogP contribution in [0.1, 0.15) is 19.8 Å². The lowest BCUT2D eigenvalue weighted by molar-refractivity contribution is -0.129. The van der Waals surface area contributed by atoms with Crippen LogP contribution in [-0.2, 0) is 4.79 Å². The lowest BCUT2D eigenvalue weighted by atomic mass is 9.99. The van der Waals surface area contributed by atoms with E-state index in [0.29, 0.717) is 5.75 Å². The van der Waals surface area contributed by atoms with Gasteiger partial charge in [-0.05, 0) is 36.3 Å². The molecule has 1 aromatic carbocycles. The molecule has 0 saturated carbocycles. The molecule has 0 atom stereocenters. The Morgan fingerprint density at radius 3 is 2.77 bits per heavy atom. The number of piperidine rings is 1. The molecule has 6 heteroatoms. The van der Waals surface area contributed by atoms with Gasteiger partial charge in [-0.3, -0.25) is 4.79 Å². The minimum absolute atomic E-state index is 0.210. The summed E-state index contributed by atoms with van der Waals surface area (Å²) in [6.45, 7) is 4.02. The smallest absolute Gasteiger partial charge is 0.232 e. The first-order chi connectivity index (χ1) is 12.7. The number of carbonyl (C=O) groups excluding carboxylic acids is 1. The highest BCUT2D eigenvalue weighted by Crippen LogP contribution is 2.30. The Hall–Kier alpha value is -1.92. The topological polar surface area (TPSA) is 46.1 Å². The van der Waals surface area contributed by atoms with Crippen LogP contribution in [0.2, 0.25) is 0 Å². The summed E-state index contributed by atoms with van der Waals surface area (Å²) in [7, 11) is 0. The molecule has 1 aliphatic heterocycles. The van der Waals surface area contributed by atoms with Crippen LogP contribution in [0.25, 0.3) is 21.6 Å². The highest BCUT2D eigenvalue weighted by Gasteiger charge is 2.21. The monoisotopic (exact) mass is 383 g/mol. The number of hydrogen-bond donors (Lipinski definition) is 0. The van der Waals surface area contributed by atoms with Gasteiger partial charge < -0.3 is 4.90 Å². The molecule has 1 fully saturated rings. The normalized spacial score (nSPS) is 15.5. The van der Waals surface area contributed by atoms with Crippen LogP contribution in [0.5, 0.6) is 0 Å². The van der Waals surface area contributed by atoms with Crippen LogP contribution in [-0.4, -0.2) is 39.6 Å². The highest BCUT2D eigenvalue weighted by atomic mass is 32.2. The number of aromatic nitrogens is 2. The van der Waals surface area contributed by atoms with E-state index in [1.165, 1.54) is 11.8 Å². The summed E-state index contributed by atoms with van der Waals surface area (Å²) < 4.78 is 0. The van der Waals surface area contributed by atoms with Crippen molar-refractivity contribution in [1.82, 2.24) is 14.9 Å². The molecular weight excluding hydrogens is 362 g/mol. The Morgan fingerprint density at radius 2 is 2.00 bits per heavy atom. The predicted molar refractivity (Wildman–Crippen MR) is 109 cm³/mol. The van der Waals surface area contributed by atoms with Crippen molar-refractivity contribution in [2.75, 3.05) is 18.8 Å². The molecule has 134 valence electrons. The molecule has 0 radical (unpaired) electrons. The zero-order valence-corrected chi connectivity index (χ0v) is 16.4. The van der Waals surface area contributed by atoms with E-state index in [4.69, 9.17) is 9.97 Å². The minimum Gasteiger partial charge on any atom is -0.342 e. The van der Waals surface area contributed by atoms with Gasteiger partial charge >= 0.3 is 0 Å². The van der Waals surface area contributed by atoms with Gasteiger partial charge in [0.15, 0.2) is 5.82 Å². The Kier molecular flexibility index (Phi) is 5.22. The first kappa shape index (κ1) is 17.5. The fraction of sp³-hybridized carbons (Fsp3) is 0.350. The summed E-state index contributed by atoms with van der Waals surface area (Å²) in [5.41, 5.74) is 0.924. The van der Waals surface area contributed by atoms with E-state index in [9.17, 15) is 4.79 Å². The van der Waals surface area contributed by atoms with E-state index < -0.39 is 0 Å². The molecule has 0 aliphatic carbocycles. The molecule has 0 unspecified atom stereocenters. The number of fused-ring (bicyclic) bond motifs is 1. The standard InChI is InChI=1S/C20H21N3OS2/c1-14-8-10-23(11-9-14)18(24)13-26-20-15-5-2-3-6-16(15)21-19(22-20)17-7-4-12-25-17/h2-7,12,14H,8-11,13H2,1H3. The van der Waals surface area contributed by atoms with Gasteiger partial charge in [0, 0.05) is 18.5 Å². The molecule has 4 nitrogen and oxygen atoms in total. The predicted octanol–water partition coefficient (Wildman–Crippen LogP) is 4.71. The van der Waals surface area contributed by atoms with Gasteiger partial charge in [0.05, 0.1) is 16.1 Å². The molecule has 2 aromatic heterocycles. The third-order valence-electron chi connectivity index (χ3n) is 4.78. The van der Waals surface area contributed by atoms with Crippen LogP contribution in [0.4, 0.5) is 0 Å². The Balaban J connectivity index is 1.56.